The summed E-state index contributed by atoms with van der Waals surface area (Å²) in [5.74, 6) is 0.633. The minimum atomic E-state index is -0.183. The van der Waals surface area contributed by atoms with E-state index in [2.05, 4.69) is 28.1 Å². The number of benzene rings is 1. The fourth-order valence-electron chi connectivity index (χ4n) is 4.26. The number of quaternary nitrogens is 1. The number of unbranched alkanes of at least 4 members (excludes halogenated alkanes) is 15. The van der Waals surface area contributed by atoms with E-state index in [1.807, 2.05) is 24.3 Å². The van der Waals surface area contributed by atoms with E-state index in [0.717, 1.165) is 28.8 Å². The fourth-order valence-corrected chi connectivity index (χ4v) is 4.26. The van der Waals surface area contributed by atoms with Gasteiger partial charge in [0.05, 0.1) is 34.2 Å². The van der Waals surface area contributed by atoms with Crippen LogP contribution in [0.1, 0.15) is 115 Å². The van der Waals surface area contributed by atoms with E-state index in [0.29, 0.717) is 13.2 Å². The third-order valence-corrected chi connectivity index (χ3v) is 6.59. The molecule has 0 fully saturated rings. The Labute approximate surface area is 217 Å². The topological polar surface area (TPSA) is 35.5 Å². The molecule has 202 valence electrons. The first-order valence-corrected chi connectivity index (χ1v) is 14.6. The molecule has 0 N–H and O–H groups in total. The van der Waals surface area contributed by atoms with Gasteiger partial charge in [-0.1, -0.05) is 121 Å². The van der Waals surface area contributed by atoms with Crippen LogP contribution in [0.2, 0.25) is 0 Å². The molecule has 0 saturated carbocycles. The molecule has 0 aliphatic rings. The quantitative estimate of drug-likeness (QED) is 0.0882. The maximum Gasteiger partial charge on any atom is 0.310 e. The Balaban J connectivity index is 2.00. The molecule has 1 aromatic carbocycles. The molecule has 1 rings (SSSR count). The van der Waals surface area contributed by atoms with Gasteiger partial charge in [0.1, 0.15) is 18.9 Å². The predicted molar refractivity (Wildman–Crippen MR) is 149 cm³/mol. The largest absolute Gasteiger partial charge is 0.493 e. The van der Waals surface area contributed by atoms with Crippen LogP contribution in [0.15, 0.2) is 24.3 Å². The molecule has 0 bridgehead atoms. The Morgan fingerprint density at radius 1 is 0.686 bits per heavy atom. The van der Waals surface area contributed by atoms with Crippen LogP contribution >= 0.6 is 0 Å². The summed E-state index contributed by atoms with van der Waals surface area (Å²) in [6, 6.07) is 7.84. The van der Waals surface area contributed by atoms with Crippen molar-refractivity contribution in [3.8, 4) is 5.75 Å². The number of hydrogen-bond acceptors (Lipinski definition) is 3. The van der Waals surface area contributed by atoms with E-state index in [1.54, 1.807) is 0 Å². The highest BCUT2D eigenvalue weighted by Crippen LogP contribution is 2.20. The number of para-hydroxylation sites is 1. The molecule has 0 spiro atoms. The van der Waals surface area contributed by atoms with Crippen LogP contribution in [0.4, 0.5) is 0 Å². The van der Waals surface area contributed by atoms with Gasteiger partial charge in [-0.3, -0.25) is 4.79 Å². The predicted octanol–water partition coefficient (Wildman–Crippen LogP) is 8.12. The molecule has 0 aliphatic heterocycles. The van der Waals surface area contributed by atoms with Gasteiger partial charge in [-0.25, -0.2) is 0 Å². The highest BCUT2D eigenvalue weighted by molar-refractivity contribution is 5.73. The summed E-state index contributed by atoms with van der Waals surface area (Å²) in [6.07, 6.45) is 22.2. The summed E-state index contributed by atoms with van der Waals surface area (Å²) >= 11 is 0. The zero-order valence-corrected chi connectivity index (χ0v) is 23.6. The maximum absolute atomic E-state index is 12.2. The Morgan fingerprint density at radius 2 is 1.17 bits per heavy atom. The van der Waals surface area contributed by atoms with Crippen molar-refractivity contribution in [3.05, 3.63) is 29.8 Å². The zero-order valence-electron chi connectivity index (χ0n) is 23.6. The van der Waals surface area contributed by atoms with Crippen molar-refractivity contribution in [1.82, 2.24) is 0 Å². The number of hydrogen-bond donors (Lipinski definition) is 0. The van der Waals surface area contributed by atoms with Crippen LogP contribution in [0, 0.1) is 0 Å². The van der Waals surface area contributed by atoms with E-state index in [-0.39, 0.29) is 12.4 Å². The molecule has 0 unspecified atom stereocenters. The van der Waals surface area contributed by atoms with Gasteiger partial charge in [0.2, 0.25) is 0 Å². The van der Waals surface area contributed by atoms with Gasteiger partial charge in [0.25, 0.3) is 0 Å². The fraction of sp³-hybridized carbons (Fsp3) is 0.774. The first-order chi connectivity index (χ1) is 16.9. The molecular weight excluding hydrogens is 434 g/mol. The van der Waals surface area contributed by atoms with E-state index in [4.69, 9.17) is 9.47 Å². The first kappa shape index (κ1) is 31.5. The molecular formula is C31H56NO3+. The number of rotatable bonds is 23. The van der Waals surface area contributed by atoms with Gasteiger partial charge in [0, 0.05) is 5.56 Å². The Bertz CT molecular complexity index is 638. The second-order valence-corrected chi connectivity index (χ2v) is 11.2. The van der Waals surface area contributed by atoms with E-state index >= 15 is 0 Å². The Morgan fingerprint density at radius 3 is 1.69 bits per heavy atom. The van der Waals surface area contributed by atoms with Crippen molar-refractivity contribution in [2.24, 2.45) is 0 Å². The van der Waals surface area contributed by atoms with Crippen LogP contribution in [-0.4, -0.2) is 51.4 Å². The van der Waals surface area contributed by atoms with Gasteiger partial charge in [-0.2, -0.15) is 0 Å². The number of carbonyl (C=O) groups is 1. The van der Waals surface area contributed by atoms with Crippen LogP contribution in [0.25, 0.3) is 0 Å². The number of ether oxygens (including phenoxy) is 2. The second kappa shape index (κ2) is 20.6. The summed E-state index contributed by atoms with van der Waals surface area (Å²) in [7, 11) is 6.28. The SMILES string of the molecule is CCCCCCCCCCCCCCCCCCOc1ccccc1CC(=O)OCC[N+](C)(C)C. The minimum Gasteiger partial charge on any atom is -0.493 e. The minimum absolute atomic E-state index is 0.183. The Hall–Kier alpha value is -1.55. The highest BCUT2D eigenvalue weighted by Gasteiger charge is 2.12. The monoisotopic (exact) mass is 490 g/mol. The molecule has 0 amide bonds. The third-order valence-electron chi connectivity index (χ3n) is 6.59. The number of likely N-dealkylation sites (N-methyl/N-ethyl adjacent to an activating group) is 1. The van der Waals surface area contributed by atoms with E-state index < -0.39 is 0 Å². The molecule has 0 radical (unpaired) electrons. The number of carbonyl (C=O) groups excluding carboxylic acids is 1. The van der Waals surface area contributed by atoms with Gasteiger partial charge < -0.3 is 14.0 Å². The molecule has 0 atom stereocenters. The van der Waals surface area contributed by atoms with Gasteiger partial charge in [-0.05, 0) is 12.5 Å². The van der Waals surface area contributed by atoms with Crippen molar-refractivity contribution < 1.29 is 18.8 Å². The highest BCUT2D eigenvalue weighted by atomic mass is 16.5. The molecule has 4 heteroatoms. The van der Waals surface area contributed by atoms with Crippen molar-refractivity contribution in [3.63, 3.8) is 0 Å². The summed E-state index contributed by atoms with van der Waals surface area (Å²) in [6.45, 7) is 4.26. The lowest BCUT2D eigenvalue weighted by molar-refractivity contribution is -0.870. The van der Waals surface area contributed by atoms with Crippen molar-refractivity contribution in [2.75, 3.05) is 40.9 Å². The van der Waals surface area contributed by atoms with E-state index in [1.165, 1.54) is 96.3 Å². The van der Waals surface area contributed by atoms with Crippen LogP contribution in [-0.2, 0) is 16.0 Å². The number of esters is 1. The normalized spacial score (nSPS) is 11.5. The molecule has 0 aromatic heterocycles. The lowest BCUT2D eigenvalue weighted by atomic mass is 10.0. The summed E-state index contributed by atoms with van der Waals surface area (Å²) in [5.41, 5.74) is 0.916. The standard InChI is InChI=1S/C31H56NO3/c1-5-6-7-8-9-10-11-12-13-14-15-16-17-18-19-22-26-34-30-24-21-20-23-29(30)28-31(33)35-27-25-32(2,3)4/h20-21,23-24H,5-19,22,25-28H2,1-4H3/q+1. The van der Waals surface area contributed by atoms with Gasteiger partial charge >= 0.3 is 5.97 Å². The van der Waals surface area contributed by atoms with Gasteiger partial charge in [0.15, 0.2) is 0 Å². The third kappa shape index (κ3) is 19.3. The summed E-state index contributed by atoms with van der Waals surface area (Å²) in [5, 5.41) is 0. The molecule has 0 saturated heterocycles. The van der Waals surface area contributed by atoms with Crippen molar-refractivity contribution in [1.29, 1.82) is 0 Å². The molecule has 1 aromatic rings. The smallest absolute Gasteiger partial charge is 0.310 e. The lowest BCUT2D eigenvalue weighted by Gasteiger charge is -2.23. The average Bonchev–Trinajstić information content (AvgIpc) is 2.81. The molecule has 0 aliphatic carbocycles. The molecule has 0 heterocycles. The van der Waals surface area contributed by atoms with Crippen molar-refractivity contribution >= 4 is 5.97 Å². The summed E-state index contributed by atoms with van der Waals surface area (Å²) < 4.78 is 12.2. The van der Waals surface area contributed by atoms with Crippen LogP contribution < -0.4 is 4.74 Å². The summed E-state index contributed by atoms with van der Waals surface area (Å²) in [4.78, 5) is 12.2. The van der Waals surface area contributed by atoms with E-state index in [9.17, 15) is 4.79 Å². The van der Waals surface area contributed by atoms with Crippen LogP contribution in [0.3, 0.4) is 0 Å². The van der Waals surface area contributed by atoms with Crippen LogP contribution in [0.5, 0.6) is 5.75 Å². The zero-order chi connectivity index (χ0) is 25.6. The Kier molecular flexibility index (Phi) is 18.5. The van der Waals surface area contributed by atoms with Gasteiger partial charge in [-0.15, -0.1) is 0 Å². The first-order valence-electron chi connectivity index (χ1n) is 14.6. The van der Waals surface area contributed by atoms with Crippen molar-refractivity contribution in [2.45, 2.75) is 116 Å². The average molecular weight is 491 g/mol. The molecule has 35 heavy (non-hydrogen) atoms. The molecule has 4 nitrogen and oxygen atoms in total. The maximum atomic E-state index is 12.2. The second-order valence-electron chi connectivity index (χ2n) is 11.2. The number of nitrogens with zero attached hydrogens (tertiary/aromatic N) is 1. The lowest BCUT2D eigenvalue weighted by Crippen LogP contribution is -2.38.